The van der Waals surface area contributed by atoms with Gasteiger partial charge in [-0.05, 0) is 62.9 Å². The molecule has 42 heavy (non-hydrogen) atoms. The number of methoxy groups -OCH3 is 1. The van der Waals surface area contributed by atoms with Crippen LogP contribution in [0.2, 0.25) is 0 Å². The van der Waals surface area contributed by atoms with Crippen LogP contribution in [0.15, 0.2) is 47.3 Å². The molecular weight excluding hydrogens is 543 g/mol. The molecule has 2 aliphatic heterocycles. The van der Waals surface area contributed by atoms with Crippen LogP contribution in [0, 0.1) is 5.82 Å². The molecule has 11 heteroatoms. The van der Waals surface area contributed by atoms with E-state index in [4.69, 9.17) is 9.47 Å². The van der Waals surface area contributed by atoms with Gasteiger partial charge < -0.3 is 14.4 Å². The first-order chi connectivity index (χ1) is 19.9. The Bertz CT molecular complexity index is 1650. The van der Waals surface area contributed by atoms with Crippen molar-refractivity contribution in [2.75, 3.05) is 20.2 Å². The molecule has 0 N–H and O–H groups in total. The molecule has 5 rings (SSSR count). The normalized spacial score (nSPS) is 18.0. The third kappa shape index (κ3) is 5.55. The molecule has 1 unspecified atom stereocenters. The van der Waals surface area contributed by atoms with Crippen LogP contribution in [0.4, 0.5) is 9.18 Å². The van der Waals surface area contributed by atoms with Gasteiger partial charge >= 0.3 is 11.8 Å². The number of imide groups is 1. The van der Waals surface area contributed by atoms with Crippen LogP contribution in [-0.2, 0) is 27.9 Å². The summed E-state index contributed by atoms with van der Waals surface area (Å²) in [5.41, 5.74) is 1.48. The van der Waals surface area contributed by atoms with Crippen LogP contribution in [0.1, 0.15) is 57.2 Å². The van der Waals surface area contributed by atoms with Gasteiger partial charge in [-0.2, -0.15) is 0 Å². The molecule has 1 atom stereocenters. The molecule has 0 spiro atoms. The Morgan fingerprint density at radius 2 is 1.76 bits per heavy atom. The summed E-state index contributed by atoms with van der Waals surface area (Å²) in [6.07, 6.45) is 2.01. The predicted octanol–water partition coefficient (Wildman–Crippen LogP) is 4.40. The number of halogens is 1. The molecule has 0 radical (unpaired) electrons. The van der Waals surface area contributed by atoms with E-state index in [1.165, 1.54) is 15.2 Å². The minimum Gasteiger partial charge on any atom is -0.497 e. The monoisotopic (exact) mass is 578 g/mol. The third-order valence-corrected chi connectivity index (χ3v) is 7.68. The first kappa shape index (κ1) is 29.1. The van der Waals surface area contributed by atoms with E-state index in [0.717, 1.165) is 16.0 Å². The van der Waals surface area contributed by atoms with Crippen LogP contribution in [0.3, 0.4) is 0 Å². The smallest absolute Gasteiger partial charge is 0.410 e. The number of piperidine rings is 1. The maximum atomic E-state index is 15.6. The Morgan fingerprint density at radius 1 is 1.05 bits per heavy atom. The number of hydrogen-bond acceptors (Lipinski definition) is 6. The fourth-order valence-corrected chi connectivity index (χ4v) is 5.47. The van der Waals surface area contributed by atoms with E-state index >= 15 is 4.39 Å². The quantitative estimate of drug-likeness (QED) is 0.416. The van der Waals surface area contributed by atoms with Crippen molar-refractivity contribution < 1.29 is 28.2 Å². The Hall–Kier alpha value is -4.41. The van der Waals surface area contributed by atoms with Gasteiger partial charge in [0.2, 0.25) is 5.91 Å². The average molecular weight is 579 g/mol. The number of hydrogen-bond donors (Lipinski definition) is 0. The van der Waals surface area contributed by atoms with Gasteiger partial charge in [-0.1, -0.05) is 18.2 Å². The van der Waals surface area contributed by atoms with Crippen LogP contribution < -0.4 is 10.4 Å². The molecule has 2 aromatic carbocycles. The Balaban J connectivity index is 1.43. The van der Waals surface area contributed by atoms with Gasteiger partial charge in [0, 0.05) is 38.2 Å². The number of aryl methyl sites for hydroxylation is 1. The summed E-state index contributed by atoms with van der Waals surface area (Å²) in [5.74, 6) is -0.703. The molecule has 0 saturated carbocycles. The molecule has 1 aromatic heterocycles. The summed E-state index contributed by atoms with van der Waals surface area (Å²) in [4.78, 5) is 55.0. The molecule has 0 aliphatic carbocycles. The summed E-state index contributed by atoms with van der Waals surface area (Å²) in [7, 11) is 3.13. The first-order valence-corrected chi connectivity index (χ1v) is 13.9. The number of rotatable bonds is 5. The Morgan fingerprint density at radius 3 is 2.38 bits per heavy atom. The van der Waals surface area contributed by atoms with Crippen LogP contribution >= 0.6 is 0 Å². The molecule has 0 bridgehead atoms. The van der Waals surface area contributed by atoms with Gasteiger partial charge in [0.05, 0.1) is 24.7 Å². The largest absolute Gasteiger partial charge is 0.497 e. The molecular formula is C31H35FN4O6. The number of imidazole rings is 1. The van der Waals surface area contributed by atoms with Crippen molar-refractivity contribution in [2.24, 2.45) is 7.05 Å². The minimum absolute atomic E-state index is 0.0602. The number of carbonyl (C=O) groups is 3. The average Bonchev–Trinajstić information content (AvgIpc) is 3.18. The molecule has 1 fully saturated rings. The number of nitrogens with zero attached hydrogens (tertiary/aromatic N) is 4. The van der Waals surface area contributed by atoms with Crippen molar-refractivity contribution in [3.63, 3.8) is 0 Å². The number of amides is 3. The zero-order valence-corrected chi connectivity index (χ0v) is 24.5. The zero-order chi connectivity index (χ0) is 30.3. The van der Waals surface area contributed by atoms with Crippen molar-refractivity contribution >= 4 is 34.5 Å². The summed E-state index contributed by atoms with van der Waals surface area (Å²) < 4.78 is 28.9. The number of likely N-dealkylation sites (tertiary alicyclic amines) is 1. The lowest BCUT2D eigenvalue weighted by Crippen LogP contribution is -2.47. The van der Waals surface area contributed by atoms with Gasteiger partial charge in [-0.25, -0.2) is 14.0 Å². The van der Waals surface area contributed by atoms with Crippen molar-refractivity contribution in [1.29, 1.82) is 0 Å². The molecule has 3 aromatic rings. The lowest BCUT2D eigenvalue weighted by Gasteiger charge is -2.31. The number of fused-ring (bicyclic) bond motifs is 1. The lowest BCUT2D eigenvalue weighted by molar-refractivity contribution is -0.151. The summed E-state index contributed by atoms with van der Waals surface area (Å²) in [6.45, 7) is 6.10. The standard InChI is InChI=1S/C31H35FN4O6/c1-31(2,3)42-30(40)34-14-12-20(13-15-34)22-16-25-26(17-23(22)32)36(29(39)33(25)4)24-10-11-27(37)35(28(24)38)18-19-6-8-21(41-5)9-7-19/h6-9,12,16-17,24H,10-11,13-15,18H2,1-5H3. The number of ether oxygens (including phenoxy) is 2. The van der Waals surface area contributed by atoms with Gasteiger partial charge in [-0.3, -0.25) is 23.6 Å². The van der Waals surface area contributed by atoms with E-state index in [-0.39, 0.29) is 37.4 Å². The SMILES string of the molecule is COc1ccc(CN2C(=O)CCC(n3c(=O)n(C)c4cc(C5=CCN(C(=O)OC(C)(C)C)CC5)c(F)cc43)C2=O)cc1. The predicted molar refractivity (Wildman–Crippen MR) is 154 cm³/mol. The second-order valence-electron chi connectivity index (χ2n) is 11.7. The fraction of sp³-hybridized carbons (Fsp3) is 0.419. The van der Waals surface area contributed by atoms with E-state index in [2.05, 4.69) is 0 Å². The van der Waals surface area contributed by atoms with Gasteiger partial charge in [-0.15, -0.1) is 0 Å². The highest BCUT2D eigenvalue weighted by Gasteiger charge is 2.37. The van der Waals surface area contributed by atoms with Gasteiger partial charge in [0.15, 0.2) is 0 Å². The van der Waals surface area contributed by atoms with Gasteiger partial charge in [0.1, 0.15) is 23.2 Å². The molecule has 1 saturated heterocycles. The number of benzene rings is 2. The zero-order valence-electron chi connectivity index (χ0n) is 24.5. The topological polar surface area (TPSA) is 103 Å². The highest BCUT2D eigenvalue weighted by molar-refractivity contribution is 6.00. The van der Waals surface area contributed by atoms with Crippen LogP contribution in [0.5, 0.6) is 5.75 Å². The molecule has 10 nitrogen and oxygen atoms in total. The molecule has 3 heterocycles. The summed E-state index contributed by atoms with van der Waals surface area (Å²) in [6, 6.07) is 9.00. The number of aromatic nitrogens is 2. The molecule has 222 valence electrons. The second-order valence-corrected chi connectivity index (χ2v) is 11.7. The van der Waals surface area contributed by atoms with Crippen LogP contribution in [0.25, 0.3) is 16.6 Å². The van der Waals surface area contributed by atoms with E-state index in [0.29, 0.717) is 29.8 Å². The summed E-state index contributed by atoms with van der Waals surface area (Å²) in [5, 5.41) is 0. The Kier molecular flexibility index (Phi) is 7.70. The first-order valence-electron chi connectivity index (χ1n) is 13.9. The fourth-order valence-electron chi connectivity index (χ4n) is 5.47. The molecule has 2 aliphatic rings. The number of carbonyl (C=O) groups excluding carboxylic acids is 3. The van der Waals surface area contributed by atoms with E-state index in [9.17, 15) is 19.2 Å². The second kappa shape index (κ2) is 11.1. The third-order valence-electron chi connectivity index (χ3n) is 7.68. The van der Waals surface area contributed by atoms with Crippen LogP contribution in [-0.4, -0.2) is 62.6 Å². The molecule has 3 amide bonds. The minimum atomic E-state index is -0.946. The van der Waals surface area contributed by atoms with E-state index < -0.39 is 35.2 Å². The van der Waals surface area contributed by atoms with Crippen molar-refractivity contribution in [2.45, 2.75) is 58.2 Å². The maximum Gasteiger partial charge on any atom is 0.410 e. The van der Waals surface area contributed by atoms with Crippen molar-refractivity contribution in [3.8, 4) is 5.75 Å². The lowest BCUT2D eigenvalue weighted by atomic mass is 9.98. The highest BCUT2D eigenvalue weighted by Crippen LogP contribution is 2.32. The van der Waals surface area contributed by atoms with Crippen molar-refractivity contribution in [3.05, 3.63) is 69.9 Å². The van der Waals surface area contributed by atoms with E-state index in [1.54, 1.807) is 76.2 Å². The summed E-state index contributed by atoms with van der Waals surface area (Å²) >= 11 is 0. The van der Waals surface area contributed by atoms with Gasteiger partial charge in [0.25, 0.3) is 5.91 Å². The van der Waals surface area contributed by atoms with Crippen molar-refractivity contribution in [1.82, 2.24) is 18.9 Å². The highest BCUT2D eigenvalue weighted by atomic mass is 19.1. The Labute approximate surface area is 242 Å². The maximum absolute atomic E-state index is 15.6. The van der Waals surface area contributed by atoms with E-state index in [1.807, 2.05) is 0 Å².